The molecule has 0 radical (unpaired) electrons. The molecule has 3 rings (SSSR count). The molecule has 1 N–H and O–H groups in total. The van der Waals surface area contributed by atoms with Crippen molar-refractivity contribution < 1.29 is 23.2 Å². The molecule has 1 aromatic carbocycles. The summed E-state index contributed by atoms with van der Waals surface area (Å²) in [5.74, 6) is -1.20. The summed E-state index contributed by atoms with van der Waals surface area (Å²) in [6.07, 6.45) is 0.143. The van der Waals surface area contributed by atoms with E-state index < -0.39 is 24.3 Å². The molecule has 0 saturated heterocycles. The van der Waals surface area contributed by atoms with E-state index in [1.807, 2.05) is 16.8 Å². The predicted octanol–water partition coefficient (Wildman–Crippen LogP) is 3.71. The maximum atomic E-state index is 13.5. The topological polar surface area (TPSA) is 94.3 Å². The third-order valence-electron chi connectivity index (χ3n) is 3.36. The van der Waals surface area contributed by atoms with Gasteiger partial charge in [-0.3, -0.25) is 9.59 Å². The molecule has 0 aliphatic rings. The van der Waals surface area contributed by atoms with E-state index in [1.54, 1.807) is 0 Å². The van der Waals surface area contributed by atoms with Gasteiger partial charge in [0, 0.05) is 22.4 Å². The van der Waals surface area contributed by atoms with E-state index >= 15 is 0 Å². The summed E-state index contributed by atoms with van der Waals surface area (Å²) in [6.45, 7) is -0.547. The second-order valence-corrected chi connectivity index (χ2v) is 6.57. The van der Waals surface area contributed by atoms with Crippen molar-refractivity contribution in [1.82, 2.24) is 10.1 Å². The lowest BCUT2D eigenvalue weighted by Crippen LogP contribution is -2.21. The van der Waals surface area contributed by atoms with Gasteiger partial charge >= 0.3 is 5.97 Å². The van der Waals surface area contributed by atoms with E-state index in [-0.39, 0.29) is 23.6 Å². The molecule has 2 aromatic heterocycles. The average molecular weight is 410 g/mol. The highest BCUT2D eigenvalue weighted by Gasteiger charge is 2.14. The Bertz CT molecular complexity index is 946. The number of nitrogens with one attached hydrogen (secondary N) is 1. The third kappa shape index (κ3) is 5.35. The van der Waals surface area contributed by atoms with E-state index in [4.69, 9.17) is 20.9 Å². The number of nitrogens with zero attached hydrogens (tertiary/aromatic N) is 2. The summed E-state index contributed by atoms with van der Waals surface area (Å²) < 4.78 is 23.5. The lowest BCUT2D eigenvalue weighted by molar-refractivity contribution is -0.147. The van der Waals surface area contributed by atoms with Crippen molar-refractivity contribution in [2.24, 2.45) is 0 Å². The predicted molar refractivity (Wildman–Crippen MR) is 96.9 cm³/mol. The summed E-state index contributed by atoms with van der Waals surface area (Å²) in [6, 6.07) is 5.60. The van der Waals surface area contributed by atoms with Crippen molar-refractivity contribution in [1.29, 1.82) is 0 Å². The maximum absolute atomic E-state index is 13.5. The fraction of sp³-hybridized carbons (Fsp3) is 0.176. The number of ether oxygens (including phenoxy) is 1. The average Bonchev–Trinajstić information content (AvgIpc) is 3.32. The van der Waals surface area contributed by atoms with Crippen LogP contribution < -0.4 is 5.32 Å². The molecule has 2 heterocycles. The lowest BCUT2D eigenvalue weighted by atomic mass is 10.3. The molecule has 27 heavy (non-hydrogen) atoms. The maximum Gasteiger partial charge on any atom is 0.306 e. The Hall–Kier alpha value is -2.78. The molecule has 3 aromatic rings. The van der Waals surface area contributed by atoms with Crippen LogP contribution in [0.4, 0.5) is 10.1 Å². The van der Waals surface area contributed by atoms with Gasteiger partial charge in [-0.15, -0.1) is 0 Å². The number of aromatic nitrogens is 2. The zero-order valence-corrected chi connectivity index (χ0v) is 15.3. The minimum atomic E-state index is -0.679. The minimum absolute atomic E-state index is 0.0376. The SMILES string of the molecule is O=C(COC(=O)CCc1nc(-c2ccsc2)no1)Nc1cc(Cl)ccc1F. The number of carbonyl (C=O) groups excluding carboxylic acids is 2. The molecule has 0 bridgehead atoms. The fourth-order valence-electron chi connectivity index (χ4n) is 2.07. The number of carbonyl (C=O) groups is 2. The molecule has 0 fully saturated rings. The van der Waals surface area contributed by atoms with E-state index in [2.05, 4.69) is 15.5 Å². The van der Waals surface area contributed by atoms with E-state index in [9.17, 15) is 14.0 Å². The van der Waals surface area contributed by atoms with Crippen LogP contribution in [-0.4, -0.2) is 28.6 Å². The van der Waals surface area contributed by atoms with Crippen molar-refractivity contribution in [3.8, 4) is 11.4 Å². The zero-order chi connectivity index (χ0) is 19.2. The monoisotopic (exact) mass is 409 g/mol. The Morgan fingerprint density at radius 3 is 2.96 bits per heavy atom. The molecule has 0 spiro atoms. The number of hydrogen-bond acceptors (Lipinski definition) is 7. The molecule has 0 unspecified atom stereocenters. The first-order valence-electron chi connectivity index (χ1n) is 7.77. The van der Waals surface area contributed by atoms with Gasteiger partial charge in [0.15, 0.2) is 6.61 Å². The van der Waals surface area contributed by atoms with Crippen LogP contribution in [0, 0.1) is 5.82 Å². The largest absolute Gasteiger partial charge is 0.456 e. The number of esters is 1. The van der Waals surface area contributed by atoms with Crippen LogP contribution in [0.1, 0.15) is 12.3 Å². The molecule has 0 atom stereocenters. The Balaban J connectivity index is 1.43. The van der Waals surface area contributed by atoms with Crippen LogP contribution in [0.15, 0.2) is 39.5 Å². The fourth-order valence-corrected chi connectivity index (χ4v) is 2.88. The van der Waals surface area contributed by atoms with Crippen LogP contribution in [0.5, 0.6) is 0 Å². The summed E-state index contributed by atoms with van der Waals surface area (Å²) in [5.41, 5.74) is 0.748. The Labute approximate surface area is 162 Å². The minimum Gasteiger partial charge on any atom is -0.456 e. The molecule has 0 aliphatic carbocycles. The summed E-state index contributed by atoms with van der Waals surface area (Å²) in [7, 11) is 0. The van der Waals surface area contributed by atoms with E-state index in [0.29, 0.717) is 11.7 Å². The van der Waals surface area contributed by atoms with Gasteiger partial charge in [-0.2, -0.15) is 16.3 Å². The number of amides is 1. The van der Waals surface area contributed by atoms with Crippen LogP contribution >= 0.6 is 22.9 Å². The molecule has 140 valence electrons. The van der Waals surface area contributed by atoms with Crippen molar-refractivity contribution in [3.05, 3.63) is 51.8 Å². The van der Waals surface area contributed by atoms with Gasteiger partial charge < -0.3 is 14.6 Å². The van der Waals surface area contributed by atoms with Crippen LogP contribution in [0.25, 0.3) is 11.4 Å². The van der Waals surface area contributed by atoms with E-state index in [1.165, 1.54) is 23.5 Å². The lowest BCUT2D eigenvalue weighted by Gasteiger charge is -2.07. The summed E-state index contributed by atoms with van der Waals surface area (Å²) in [4.78, 5) is 27.7. The third-order valence-corrected chi connectivity index (χ3v) is 4.28. The van der Waals surface area contributed by atoms with Crippen molar-refractivity contribution in [3.63, 3.8) is 0 Å². The van der Waals surface area contributed by atoms with E-state index in [0.717, 1.165) is 11.6 Å². The molecule has 10 heteroatoms. The Morgan fingerprint density at radius 2 is 2.19 bits per heavy atom. The van der Waals surface area contributed by atoms with Gasteiger partial charge in [0.2, 0.25) is 11.7 Å². The summed E-state index contributed by atoms with van der Waals surface area (Å²) in [5, 5.41) is 10.2. The number of rotatable bonds is 7. The smallest absolute Gasteiger partial charge is 0.306 e. The molecule has 1 amide bonds. The van der Waals surface area contributed by atoms with Crippen molar-refractivity contribution >= 4 is 40.5 Å². The summed E-state index contributed by atoms with van der Waals surface area (Å²) >= 11 is 7.25. The van der Waals surface area contributed by atoms with Gasteiger partial charge in [0.05, 0.1) is 12.1 Å². The number of hydrogen-bond donors (Lipinski definition) is 1. The van der Waals surface area contributed by atoms with Crippen LogP contribution in [-0.2, 0) is 20.7 Å². The van der Waals surface area contributed by atoms with Crippen molar-refractivity contribution in [2.75, 3.05) is 11.9 Å². The second kappa shape index (κ2) is 8.74. The standard InChI is InChI=1S/C17H13ClFN3O4S/c18-11-1-2-12(19)13(7-11)20-14(23)8-25-16(24)4-3-15-21-17(22-26-15)10-5-6-27-9-10/h1-2,5-7,9H,3-4,8H2,(H,20,23). The Kier molecular flexibility index (Phi) is 6.15. The quantitative estimate of drug-likeness (QED) is 0.598. The molecular weight excluding hydrogens is 397 g/mol. The highest BCUT2D eigenvalue weighted by Crippen LogP contribution is 2.20. The van der Waals surface area contributed by atoms with Crippen molar-refractivity contribution in [2.45, 2.75) is 12.8 Å². The molecule has 0 aliphatic heterocycles. The number of thiophene rings is 1. The molecule has 7 nitrogen and oxygen atoms in total. The Morgan fingerprint density at radius 1 is 1.33 bits per heavy atom. The number of aryl methyl sites for hydroxylation is 1. The number of benzene rings is 1. The molecular formula is C17H13ClFN3O4S. The first-order valence-corrected chi connectivity index (χ1v) is 9.09. The normalized spacial score (nSPS) is 10.6. The van der Waals surface area contributed by atoms with Gasteiger partial charge in [-0.25, -0.2) is 4.39 Å². The first-order chi connectivity index (χ1) is 13.0. The second-order valence-electron chi connectivity index (χ2n) is 5.36. The molecule has 0 saturated carbocycles. The van der Waals surface area contributed by atoms with Gasteiger partial charge in [0.25, 0.3) is 5.91 Å². The van der Waals surface area contributed by atoms with Gasteiger partial charge in [-0.05, 0) is 29.6 Å². The highest BCUT2D eigenvalue weighted by atomic mass is 35.5. The van der Waals surface area contributed by atoms with Crippen LogP contribution in [0.3, 0.4) is 0 Å². The van der Waals surface area contributed by atoms with Crippen LogP contribution in [0.2, 0.25) is 5.02 Å². The van der Waals surface area contributed by atoms with Gasteiger partial charge in [-0.1, -0.05) is 16.8 Å². The number of halogens is 2. The number of anilines is 1. The van der Waals surface area contributed by atoms with Gasteiger partial charge in [0.1, 0.15) is 5.82 Å². The highest BCUT2D eigenvalue weighted by molar-refractivity contribution is 7.08. The first kappa shape index (κ1) is 19.0. The zero-order valence-electron chi connectivity index (χ0n) is 13.8.